The molecular formula is C10H14F3NO2S. The highest BCUT2D eigenvalue weighted by molar-refractivity contribution is 7.91. The van der Waals surface area contributed by atoms with E-state index in [1.54, 1.807) is 0 Å². The second kappa shape index (κ2) is 5.25. The lowest BCUT2D eigenvalue weighted by molar-refractivity contribution is -0.153. The average molecular weight is 269 g/mol. The zero-order valence-electron chi connectivity index (χ0n) is 9.20. The third-order valence-electron chi connectivity index (χ3n) is 2.94. The Morgan fingerprint density at radius 1 is 1.29 bits per heavy atom. The summed E-state index contributed by atoms with van der Waals surface area (Å²) in [5.74, 6) is -3.77. The van der Waals surface area contributed by atoms with Crippen LogP contribution in [0.3, 0.4) is 0 Å². The summed E-state index contributed by atoms with van der Waals surface area (Å²) in [6, 6.07) is 1.02. The van der Waals surface area contributed by atoms with Crippen molar-refractivity contribution in [3.63, 3.8) is 0 Å². The van der Waals surface area contributed by atoms with Crippen molar-refractivity contribution in [2.24, 2.45) is 11.8 Å². The normalized spacial score (nSPS) is 20.1. The highest BCUT2D eigenvalue weighted by atomic mass is 32.2. The molecule has 98 valence electrons. The van der Waals surface area contributed by atoms with Gasteiger partial charge in [-0.3, -0.25) is 0 Å². The molecule has 1 unspecified atom stereocenters. The van der Waals surface area contributed by atoms with Gasteiger partial charge in [0.05, 0.1) is 17.6 Å². The first-order valence-electron chi connectivity index (χ1n) is 5.41. The van der Waals surface area contributed by atoms with Gasteiger partial charge in [-0.2, -0.15) is 18.4 Å². The average Bonchev–Trinajstić information content (AvgIpc) is 2.64. The van der Waals surface area contributed by atoms with E-state index in [1.165, 1.54) is 0 Å². The maximum Gasteiger partial charge on any atom is 0.405 e. The first-order chi connectivity index (χ1) is 7.74. The van der Waals surface area contributed by atoms with Gasteiger partial charge < -0.3 is 0 Å². The van der Waals surface area contributed by atoms with Crippen LogP contribution in [0, 0.1) is 23.2 Å². The molecule has 1 rings (SSSR count). The lowest BCUT2D eigenvalue weighted by atomic mass is 10.1. The number of nitriles is 1. The molecule has 0 spiro atoms. The molecular weight excluding hydrogens is 255 g/mol. The third kappa shape index (κ3) is 4.54. The summed E-state index contributed by atoms with van der Waals surface area (Å²) in [4.78, 5) is 0. The van der Waals surface area contributed by atoms with Crippen LogP contribution in [0.2, 0.25) is 0 Å². The molecule has 3 nitrogen and oxygen atoms in total. The summed E-state index contributed by atoms with van der Waals surface area (Å²) in [6.07, 6.45) is -1.40. The van der Waals surface area contributed by atoms with Gasteiger partial charge in [0.25, 0.3) is 0 Å². The van der Waals surface area contributed by atoms with E-state index in [1.807, 2.05) is 0 Å². The number of halogens is 3. The number of sulfone groups is 1. The number of alkyl halides is 3. The summed E-state index contributed by atoms with van der Waals surface area (Å²) in [5.41, 5.74) is 0. The van der Waals surface area contributed by atoms with Crippen LogP contribution >= 0.6 is 0 Å². The zero-order chi connectivity index (χ0) is 13.1. The maximum absolute atomic E-state index is 12.3. The van der Waals surface area contributed by atoms with Crippen LogP contribution in [0.5, 0.6) is 0 Å². The van der Waals surface area contributed by atoms with Crippen molar-refractivity contribution in [1.29, 1.82) is 5.26 Å². The van der Waals surface area contributed by atoms with Crippen LogP contribution in [0.15, 0.2) is 0 Å². The molecule has 0 N–H and O–H groups in total. The zero-order valence-corrected chi connectivity index (χ0v) is 10.0. The van der Waals surface area contributed by atoms with Crippen molar-refractivity contribution in [3.8, 4) is 6.07 Å². The summed E-state index contributed by atoms with van der Waals surface area (Å²) in [7, 11) is -3.80. The van der Waals surface area contributed by atoms with Gasteiger partial charge in [0, 0.05) is 0 Å². The van der Waals surface area contributed by atoms with Gasteiger partial charge in [-0.25, -0.2) is 8.42 Å². The van der Waals surface area contributed by atoms with Crippen LogP contribution in [0.1, 0.15) is 25.7 Å². The van der Waals surface area contributed by atoms with Gasteiger partial charge in [-0.15, -0.1) is 0 Å². The van der Waals surface area contributed by atoms with Crippen LogP contribution < -0.4 is 0 Å². The first-order valence-corrected chi connectivity index (χ1v) is 7.23. The Labute approximate surface area is 98.5 Å². The highest BCUT2D eigenvalue weighted by Gasteiger charge is 2.43. The molecule has 0 aromatic heterocycles. The molecule has 7 heteroatoms. The van der Waals surface area contributed by atoms with Gasteiger partial charge in [-0.05, 0) is 18.8 Å². The molecule has 0 radical (unpaired) electrons. The molecule has 1 atom stereocenters. The largest absolute Gasteiger partial charge is 0.405 e. The fourth-order valence-corrected chi connectivity index (χ4v) is 4.02. The summed E-state index contributed by atoms with van der Waals surface area (Å²) in [6.45, 7) is 0. The van der Waals surface area contributed by atoms with Crippen LogP contribution in [0.4, 0.5) is 13.2 Å². The number of nitrogens with zero attached hydrogens (tertiary/aromatic N) is 1. The Bertz CT molecular complexity index is 391. The Kier molecular flexibility index (Phi) is 4.42. The first kappa shape index (κ1) is 14.3. The molecule has 17 heavy (non-hydrogen) atoms. The Balaban J connectivity index is 2.62. The molecule has 1 aliphatic carbocycles. The van der Waals surface area contributed by atoms with Gasteiger partial charge >= 0.3 is 6.18 Å². The smallest absolute Gasteiger partial charge is 0.229 e. The van der Waals surface area contributed by atoms with Gasteiger partial charge in [0.1, 0.15) is 0 Å². The predicted octanol–water partition coefficient (Wildman–Crippen LogP) is 2.29. The molecule has 0 aliphatic heterocycles. The molecule has 0 amide bonds. The Hall–Kier alpha value is -0.770. The fraction of sp³-hybridized carbons (Fsp3) is 0.900. The third-order valence-corrected chi connectivity index (χ3v) is 4.76. The van der Waals surface area contributed by atoms with Crippen LogP contribution in [-0.4, -0.2) is 26.1 Å². The lowest BCUT2D eigenvalue weighted by Gasteiger charge is -2.15. The number of rotatable bonds is 4. The summed E-state index contributed by atoms with van der Waals surface area (Å²) in [5, 5.41) is 8.35. The minimum Gasteiger partial charge on any atom is -0.229 e. The number of hydrogen-bond donors (Lipinski definition) is 0. The Morgan fingerprint density at radius 2 is 1.82 bits per heavy atom. The van der Waals surface area contributed by atoms with Crippen molar-refractivity contribution in [2.75, 3.05) is 11.5 Å². The maximum atomic E-state index is 12.3. The SMILES string of the molecule is N#CC(CS(=O)(=O)CC1CCCC1)C(F)(F)F. The van der Waals surface area contributed by atoms with E-state index >= 15 is 0 Å². The minimum atomic E-state index is -4.77. The predicted molar refractivity (Wildman–Crippen MR) is 55.8 cm³/mol. The standard InChI is InChI=1S/C10H14F3NO2S/c11-10(12,13)9(5-14)7-17(15,16)6-8-3-1-2-4-8/h8-9H,1-4,6-7H2. The topological polar surface area (TPSA) is 57.9 Å². The lowest BCUT2D eigenvalue weighted by Crippen LogP contribution is -2.31. The van der Waals surface area contributed by atoms with E-state index in [-0.39, 0.29) is 11.7 Å². The summed E-state index contributed by atoms with van der Waals surface area (Å²) < 4.78 is 59.9. The summed E-state index contributed by atoms with van der Waals surface area (Å²) >= 11 is 0. The van der Waals surface area contributed by atoms with E-state index in [4.69, 9.17) is 5.26 Å². The molecule has 0 saturated heterocycles. The van der Waals surface area contributed by atoms with Crippen molar-refractivity contribution >= 4 is 9.84 Å². The van der Waals surface area contributed by atoms with E-state index in [0.717, 1.165) is 31.8 Å². The van der Waals surface area contributed by atoms with E-state index in [0.29, 0.717) is 0 Å². The number of hydrogen-bond acceptors (Lipinski definition) is 3. The molecule has 0 heterocycles. The fourth-order valence-electron chi connectivity index (χ4n) is 2.06. The van der Waals surface area contributed by atoms with Gasteiger partial charge in [0.15, 0.2) is 15.8 Å². The van der Waals surface area contributed by atoms with Crippen molar-refractivity contribution in [3.05, 3.63) is 0 Å². The van der Waals surface area contributed by atoms with E-state index < -0.39 is 27.7 Å². The quantitative estimate of drug-likeness (QED) is 0.786. The van der Waals surface area contributed by atoms with E-state index in [9.17, 15) is 21.6 Å². The molecule has 1 fully saturated rings. The second-order valence-corrected chi connectivity index (χ2v) is 6.60. The molecule has 1 saturated carbocycles. The molecule has 0 bridgehead atoms. The van der Waals surface area contributed by atoms with Crippen LogP contribution in [-0.2, 0) is 9.84 Å². The van der Waals surface area contributed by atoms with Gasteiger partial charge in [0.2, 0.25) is 0 Å². The molecule has 0 aromatic rings. The van der Waals surface area contributed by atoms with Gasteiger partial charge in [-0.1, -0.05) is 12.8 Å². The van der Waals surface area contributed by atoms with E-state index in [2.05, 4.69) is 0 Å². The van der Waals surface area contributed by atoms with Crippen molar-refractivity contribution < 1.29 is 21.6 Å². The van der Waals surface area contributed by atoms with Crippen molar-refractivity contribution in [1.82, 2.24) is 0 Å². The Morgan fingerprint density at radius 3 is 2.24 bits per heavy atom. The van der Waals surface area contributed by atoms with Crippen molar-refractivity contribution in [2.45, 2.75) is 31.9 Å². The van der Waals surface area contributed by atoms with Crippen LogP contribution in [0.25, 0.3) is 0 Å². The second-order valence-electron chi connectivity index (χ2n) is 4.45. The highest BCUT2D eigenvalue weighted by Crippen LogP contribution is 2.30. The minimum absolute atomic E-state index is 0.0347. The monoisotopic (exact) mass is 269 g/mol. The molecule has 1 aliphatic rings. The molecule has 0 aromatic carbocycles.